The summed E-state index contributed by atoms with van der Waals surface area (Å²) in [6.07, 6.45) is 7.14. The second kappa shape index (κ2) is 6.21. The van der Waals surface area contributed by atoms with Gasteiger partial charge in [0.1, 0.15) is 0 Å². The van der Waals surface area contributed by atoms with Crippen molar-refractivity contribution in [2.75, 3.05) is 6.61 Å². The molecule has 0 aromatic rings. The molecule has 4 nitrogen and oxygen atoms in total. The summed E-state index contributed by atoms with van der Waals surface area (Å²) in [5, 5.41) is 3.04. The van der Waals surface area contributed by atoms with E-state index in [9.17, 15) is 9.59 Å². The monoisotopic (exact) mass is 253 g/mol. The third-order valence-electron chi connectivity index (χ3n) is 3.69. The van der Waals surface area contributed by atoms with Gasteiger partial charge in [-0.25, -0.2) is 0 Å². The Bertz CT molecular complexity index is 296. The van der Waals surface area contributed by atoms with Gasteiger partial charge in [-0.2, -0.15) is 0 Å². The highest BCUT2D eigenvalue weighted by atomic mass is 16.5. The quantitative estimate of drug-likeness (QED) is 0.673. The Labute approximate surface area is 108 Å². The number of ether oxygens (including phenoxy) is 1. The van der Waals surface area contributed by atoms with Gasteiger partial charge in [0.15, 0.2) is 6.61 Å². The highest BCUT2D eigenvalue weighted by Gasteiger charge is 2.42. The molecule has 0 bridgehead atoms. The van der Waals surface area contributed by atoms with Gasteiger partial charge < -0.3 is 10.1 Å². The van der Waals surface area contributed by atoms with Gasteiger partial charge in [-0.1, -0.05) is 13.3 Å². The zero-order chi connectivity index (χ0) is 13.0. The first-order valence-corrected chi connectivity index (χ1v) is 7.15. The van der Waals surface area contributed by atoms with Crippen LogP contribution in [0.5, 0.6) is 0 Å². The van der Waals surface area contributed by atoms with Crippen LogP contribution in [0.2, 0.25) is 0 Å². The molecule has 1 amide bonds. The first kappa shape index (κ1) is 13.4. The molecule has 1 N–H and O–H groups in total. The average Bonchev–Trinajstić information content (AvgIpc) is 3.22. The summed E-state index contributed by atoms with van der Waals surface area (Å²) >= 11 is 0. The number of hydrogen-bond donors (Lipinski definition) is 1. The minimum atomic E-state index is -0.263. The lowest BCUT2D eigenvalue weighted by Crippen LogP contribution is -2.40. The fourth-order valence-electron chi connectivity index (χ4n) is 2.30. The van der Waals surface area contributed by atoms with Crippen LogP contribution in [-0.2, 0) is 14.3 Å². The maximum absolute atomic E-state index is 11.7. The van der Waals surface area contributed by atoms with E-state index in [0.717, 1.165) is 12.8 Å². The van der Waals surface area contributed by atoms with Crippen molar-refractivity contribution in [3.63, 3.8) is 0 Å². The second-order valence-electron chi connectivity index (χ2n) is 5.53. The molecule has 0 atom stereocenters. The molecule has 2 aliphatic rings. The standard InChI is InChI=1S/C14H23NO3/c1-2-3-4-13(17)18-9-12(16)15-14(10-5-6-10)11-7-8-11/h10-11,14H,2-9H2,1H3,(H,15,16). The SMILES string of the molecule is CCCCC(=O)OCC(=O)NC(C1CC1)C1CC1. The minimum absolute atomic E-state index is 0.113. The Hall–Kier alpha value is -1.06. The van der Waals surface area contributed by atoms with Crippen LogP contribution < -0.4 is 5.32 Å². The van der Waals surface area contributed by atoms with Crippen LogP contribution in [0.4, 0.5) is 0 Å². The van der Waals surface area contributed by atoms with Gasteiger partial charge in [-0.15, -0.1) is 0 Å². The van der Waals surface area contributed by atoms with Gasteiger partial charge in [0.05, 0.1) is 0 Å². The van der Waals surface area contributed by atoms with E-state index in [1.165, 1.54) is 25.7 Å². The van der Waals surface area contributed by atoms with Gasteiger partial charge in [0.2, 0.25) is 0 Å². The lowest BCUT2D eigenvalue weighted by molar-refractivity contribution is -0.148. The number of carbonyl (C=O) groups is 2. The largest absolute Gasteiger partial charge is 0.456 e. The molecule has 0 radical (unpaired) electrons. The van der Waals surface area contributed by atoms with Crippen molar-refractivity contribution >= 4 is 11.9 Å². The maximum Gasteiger partial charge on any atom is 0.306 e. The first-order chi connectivity index (χ1) is 8.70. The van der Waals surface area contributed by atoms with E-state index in [2.05, 4.69) is 5.32 Å². The molecule has 0 aliphatic heterocycles. The van der Waals surface area contributed by atoms with Gasteiger partial charge in [0.25, 0.3) is 5.91 Å². The van der Waals surface area contributed by atoms with Crippen molar-refractivity contribution in [3.8, 4) is 0 Å². The normalized spacial score (nSPS) is 18.8. The Morgan fingerprint density at radius 3 is 2.33 bits per heavy atom. The number of carbonyl (C=O) groups excluding carboxylic acids is 2. The number of unbranched alkanes of at least 4 members (excludes halogenated alkanes) is 1. The molecule has 0 unspecified atom stereocenters. The molecule has 102 valence electrons. The molecule has 0 spiro atoms. The van der Waals surface area contributed by atoms with Crippen LogP contribution in [0.25, 0.3) is 0 Å². The highest BCUT2D eigenvalue weighted by molar-refractivity contribution is 5.80. The molecule has 4 heteroatoms. The van der Waals surface area contributed by atoms with Crippen molar-refractivity contribution in [1.29, 1.82) is 0 Å². The average molecular weight is 253 g/mol. The van der Waals surface area contributed by atoms with E-state index in [1.54, 1.807) is 0 Å². The maximum atomic E-state index is 11.7. The van der Waals surface area contributed by atoms with Crippen LogP contribution in [0.3, 0.4) is 0 Å². The summed E-state index contributed by atoms with van der Waals surface area (Å²) in [5.74, 6) is 0.958. The Morgan fingerprint density at radius 1 is 1.22 bits per heavy atom. The summed E-state index contributed by atoms with van der Waals surface area (Å²) < 4.78 is 4.96. The molecule has 2 saturated carbocycles. The third-order valence-corrected chi connectivity index (χ3v) is 3.69. The molecule has 0 aromatic heterocycles. The first-order valence-electron chi connectivity index (χ1n) is 7.15. The van der Waals surface area contributed by atoms with Crippen LogP contribution in [0.1, 0.15) is 51.9 Å². The summed E-state index contributed by atoms with van der Waals surface area (Å²) in [4.78, 5) is 23.0. The lowest BCUT2D eigenvalue weighted by atomic mass is 10.1. The molecule has 0 heterocycles. The van der Waals surface area contributed by atoms with Crippen LogP contribution in [-0.4, -0.2) is 24.5 Å². The Morgan fingerprint density at radius 2 is 1.83 bits per heavy atom. The van der Waals surface area contributed by atoms with Crippen molar-refractivity contribution in [2.24, 2.45) is 11.8 Å². The van der Waals surface area contributed by atoms with Crippen LogP contribution in [0, 0.1) is 11.8 Å². The Balaban J connectivity index is 1.63. The number of nitrogens with one attached hydrogen (secondary N) is 1. The summed E-state index contributed by atoms with van der Waals surface area (Å²) in [6, 6.07) is 0.340. The van der Waals surface area contributed by atoms with Crippen LogP contribution >= 0.6 is 0 Å². The fourth-order valence-corrected chi connectivity index (χ4v) is 2.30. The van der Waals surface area contributed by atoms with Crippen molar-refractivity contribution in [1.82, 2.24) is 5.32 Å². The van der Waals surface area contributed by atoms with Crippen molar-refractivity contribution in [3.05, 3.63) is 0 Å². The van der Waals surface area contributed by atoms with E-state index in [1.807, 2.05) is 6.92 Å². The third kappa shape index (κ3) is 4.31. The number of hydrogen-bond acceptors (Lipinski definition) is 3. The molecular weight excluding hydrogens is 230 g/mol. The van der Waals surface area contributed by atoms with Crippen LogP contribution in [0.15, 0.2) is 0 Å². The second-order valence-corrected chi connectivity index (χ2v) is 5.53. The van der Waals surface area contributed by atoms with Gasteiger partial charge >= 0.3 is 5.97 Å². The van der Waals surface area contributed by atoms with E-state index in [4.69, 9.17) is 4.74 Å². The summed E-state index contributed by atoms with van der Waals surface area (Å²) in [5.41, 5.74) is 0. The number of amides is 1. The summed E-state index contributed by atoms with van der Waals surface area (Å²) in [6.45, 7) is 1.91. The molecular formula is C14H23NO3. The van der Waals surface area contributed by atoms with E-state index >= 15 is 0 Å². The van der Waals surface area contributed by atoms with Crippen molar-refractivity contribution < 1.29 is 14.3 Å². The smallest absolute Gasteiger partial charge is 0.306 e. The zero-order valence-corrected chi connectivity index (χ0v) is 11.1. The predicted molar refractivity (Wildman–Crippen MR) is 67.9 cm³/mol. The molecule has 18 heavy (non-hydrogen) atoms. The fraction of sp³-hybridized carbons (Fsp3) is 0.857. The molecule has 0 saturated heterocycles. The Kier molecular flexibility index (Phi) is 4.61. The molecule has 2 aliphatic carbocycles. The van der Waals surface area contributed by atoms with Gasteiger partial charge in [-0.05, 0) is 43.9 Å². The molecule has 0 aromatic carbocycles. The molecule has 2 fully saturated rings. The minimum Gasteiger partial charge on any atom is -0.456 e. The van der Waals surface area contributed by atoms with Gasteiger partial charge in [0, 0.05) is 12.5 Å². The number of esters is 1. The predicted octanol–water partition coefficient (Wildman–Crippen LogP) is 2.02. The highest BCUT2D eigenvalue weighted by Crippen LogP contribution is 2.44. The van der Waals surface area contributed by atoms with Gasteiger partial charge in [-0.3, -0.25) is 9.59 Å². The van der Waals surface area contributed by atoms with Crippen molar-refractivity contribution in [2.45, 2.75) is 57.9 Å². The number of rotatable bonds is 8. The lowest BCUT2D eigenvalue weighted by Gasteiger charge is -2.17. The summed E-state index contributed by atoms with van der Waals surface area (Å²) in [7, 11) is 0. The van der Waals surface area contributed by atoms with E-state index in [0.29, 0.717) is 24.3 Å². The topological polar surface area (TPSA) is 55.4 Å². The van der Waals surface area contributed by atoms with E-state index < -0.39 is 0 Å². The molecule has 2 rings (SSSR count). The zero-order valence-electron chi connectivity index (χ0n) is 11.1. The van der Waals surface area contributed by atoms with E-state index in [-0.39, 0.29) is 18.5 Å².